The molecular weight excluding hydrogens is 442 g/mol. The topological polar surface area (TPSA) is 99.2 Å². The van der Waals surface area contributed by atoms with Crippen LogP contribution in [0.25, 0.3) is 0 Å². The van der Waals surface area contributed by atoms with Gasteiger partial charge in [-0.3, -0.25) is 4.72 Å². The third kappa shape index (κ3) is 4.88. The first kappa shape index (κ1) is 22.5. The van der Waals surface area contributed by atoms with Gasteiger partial charge in [0.25, 0.3) is 10.0 Å². The van der Waals surface area contributed by atoms with Gasteiger partial charge >= 0.3 is 5.97 Å². The zero-order valence-electron chi connectivity index (χ0n) is 18.1. The summed E-state index contributed by atoms with van der Waals surface area (Å²) in [5, 5.41) is 9.80. The van der Waals surface area contributed by atoms with Crippen LogP contribution in [0.2, 0.25) is 0 Å². The number of hydrogen-bond acceptors (Lipinski definition) is 6. The van der Waals surface area contributed by atoms with Crippen LogP contribution in [0, 0.1) is 0 Å². The Morgan fingerprint density at radius 2 is 1.48 bits per heavy atom. The van der Waals surface area contributed by atoms with Crippen LogP contribution in [0.5, 0.6) is 5.75 Å². The molecule has 0 spiro atoms. The minimum atomic E-state index is -3.81. The molecule has 0 radical (unpaired) electrons. The van der Waals surface area contributed by atoms with E-state index in [4.69, 9.17) is 4.74 Å². The number of nitrogens with zero attached hydrogens (tertiary/aromatic N) is 2. The molecule has 1 saturated heterocycles. The van der Waals surface area contributed by atoms with Crippen molar-refractivity contribution in [3.8, 4) is 5.75 Å². The number of carboxylic acid groups (broad SMARTS) is 1. The number of ether oxygens (including phenoxy) is 1. The van der Waals surface area contributed by atoms with Crippen LogP contribution in [-0.4, -0.2) is 52.8 Å². The van der Waals surface area contributed by atoms with Gasteiger partial charge in [0.15, 0.2) is 0 Å². The molecule has 3 aromatic carbocycles. The van der Waals surface area contributed by atoms with Gasteiger partial charge in [-0.25, -0.2) is 13.2 Å². The van der Waals surface area contributed by atoms with Gasteiger partial charge in [0, 0.05) is 31.9 Å². The molecule has 1 heterocycles. The maximum atomic E-state index is 12.6. The second-order valence-electron chi connectivity index (χ2n) is 7.60. The Hall–Kier alpha value is -3.72. The number of piperazine rings is 1. The number of benzene rings is 3. The van der Waals surface area contributed by atoms with Crippen molar-refractivity contribution in [1.29, 1.82) is 0 Å². The van der Waals surface area contributed by atoms with E-state index in [1.165, 1.54) is 18.2 Å². The highest BCUT2D eigenvalue weighted by Crippen LogP contribution is 2.31. The van der Waals surface area contributed by atoms with Gasteiger partial charge in [-0.05, 0) is 42.5 Å². The van der Waals surface area contributed by atoms with Crippen LogP contribution >= 0.6 is 0 Å². The molecule has 9 heteroatoms. The summed E-state index contributed by atoms with van der Waals surface area (Å²) in [4.78, 5) is 16.3. The lowest BCUT2D eigenvalue weighted by Crippen LogP contribution is -2.47. The van der Waals surface area contributed by atoms with Gasteiger partial charge in [0.2, 0.25) is 0 Å². The molecule has 0 unspecified atom stereocenters. The molecule has 0 atom stereocenters. The normalized spacial score (nSPS) is 14.1. The van der Waals surface area contributed by atoms with Gasteiger partial charge < -0.3 is 19.6 Å². The number of para-hydroxylation sites is 2. The average molecular weight is 468 g/mol. The maximum Gasteiger partial charge on any atom is 0.337 e. The minimum absolute atomic E-state index is 0.0500. The number of carboxylic acids is 1. The van der Waals surface area contributed by atoms with E-state index in [2.05, 4.69) is 9.62 Å². The Morgan fingerprint density at radius 3 is 2.12 bits per heavy atom. The Kier molecular flexibility index (Phi) is 6.41. The third-order valence-electron chi connectivity index (χ3n) is 5.58. The van der Waals surface area contributed by atoms with E-state index >= 15 is 0 Å². The van der Waals surface area contributed by atoms with Crippen molar-refractivity contribution in [3.63, 3.8) is 0 Å². The first-order valence-electron chi connectivity index (χ1n) is 10.5. The molecule has 33 heavy (non-hydrogen) atoms. The molecule has 172 valence electrons. The molecule has 1 aliphatic rings. The highest BCUT2D eigenvalue weighted by Gasteiger charge is 2.24. The van der Waals surface area contributed by atoms with E-state index in [0.717, 1.165) is 11.4 Å². The standard InChI is InChI=1S/C24H25N3O5S/c1-32-23-10-6-5-9-22(23)27-15-13-26(14-16-27)21-12-11-18(17-20(21)24(28)29)25-33(30,31)19-7-3-2-4-8-19/h2-12,17,25H,13-16H2,1H3,(H,28,29). The predicted molar refractivity (Wildman–Crippen MR) is 128 cm³/mol. The van der Waals surface area contributed by atoms with Gasteiger partial charge in [-0.15, -0.1) is 0 Å². The molecule has 4 rings (SSSR count). The van der Waals surface area contributed by atoms with Crippen LogP contribution in [-0.2, 0) is 10.0 Å². The lowest BCUT2D eigenvalue weighted by Gasteiger charge is -2.38. The fourth-order valence-corrected chi connectivity index (χ4v) is 5.01. The van der Waals surface area contributed by atoms with E-state index in [1.54, 1.807) is 37.4 Å². The Balaban J connectivity index is 1.53. The molecule has 0 saturated carbocycles. The molecule has 1 fully saturated rings. The van der Waals surface area contributed by atoms with Crippen LogP contribution in [0.3, 0.4) is 0 Å². The Bertz CT molecular complexity index is 1240. The second kappa shape index (κ2) is 9.41. The van der Waals surface area contributed by atoms with E-state index in [9.17, 15) is 18.3 Å². The number of hydrogen-bond donors (Lipinski definition) is 2. The molecule has 0 amide bonds. The van der Waals surface area contributed by atoms with Crippen molar-refractivity contribution in [3.05, 3.63) is 78.4 Å². The van der Waals surface area contributed by atoms with Crippen molar-refractivity contribution in [2.24, 2.45) is 0 Å². The van der Waals surface area contributed by atoms with E-state index < -0.39 is 16.0 Å². The highest BCUT2D eigenvalue weighted by molar-refractivity contribution is 7.92. The number of rotatable bonds is 7. The Labute approximate surface area is 193 Å². The van der Waals surface area contributed by atoms with Crippen molar-refractivity contribution in [2.45, 2.75) is 4.90 Å². The average Bonchev–Trinajstić information content (AvgIpc) is 2.84. The maximum absolute atomic E-state index is 12.6. The molecule has 0 aromatic heterocycles. The summed E-state index contributed by atoms with van der Waals surface area (Å²) in [6.07, 6.45) is 0. The van der Waals surface area contributed by atoms with Crippen molar-refractivity contribution >= 4 is 33.1 Å². The molecule has 8 nitrogen and oxygen atoms in total. The number of anilines is 3. The summed E-state index contributed by atoms with van der Waals surface area (Å²) >= 11 is 0. The number of nitrogens with one attached hydrogen (secondary N) is 1. The van der Waals surface area contributed by atoms with E-state index in [0.29, 0.717) is 31.9 Å². The molecular formula is C24H25N3O5S. The number of carbonyl (C=O) groups is 1. The largest absolute Gasteiger partial charge is 0.495 e. The first-order valence-corrected chi connectivity index (χ1v) is 12.0. The van der Waals surface area contributed by atoms with Gasteiger partial charge in [0.1, 0.15) is 5.75 Å². The van der Waals surface area contributed by atoms with E-state index in [-0.39, 0.29) is 16.1 Å². The lowest BCUT2D eigenvalue weighted by atomic mass is 10.1. The third-order valence-corrected chi connectivity index (χ3v) is 6.98. The molecule has 0 aliphatic carbocycles. The van der Waals surface area contributed by atoms with Crippen LogP contribution in [0.15, 0.2) is 77.7 Å². The summed E-state index contributed by atoms with van der Waals surface area (Å²) in [5.74, 6) is -0.315. The predicted octanol–water partition coefficient (Wildman–Crippen LogP) is 3.52. The fraction of sp³-hybridized carbons (Fsp3) is 0.208. The SMILES string of the molecule is COc1ccccc1N1CCN(c2ccc(NS(=O)(=O)c3ccccc3)cc2C(=O)O)CC1. The molecule has 3 aromatic rings. The minimum Gasteiger partial charge on any atom is -0.495 e. The molecule has 1 aliphatic heterocycles. The van der Waals surface area contributed by atoms with Crippen LogP contribution in [0.4, 0.5) is 17.1 Å². The van der Waals surface area contributed by atoms with Crippen molar-refractivity contribution < 1.29 is 23.1 Å². The summed E-state index contributed by atoms with van der Waals surface area (Å²) in [5.41, 5.74) is 1.82. The lowest BCUT2D eigenvalue weighted by molar-refractivity contribution is 0.0697. The van der Waals surface area contributed by atoms with Crippen molar-refractivity contribution in [1.82, 2.24) is 0 Å². The quantitative estimate of drug-likeness (QED) is 0.548. The second-order valence-corrected chi connectivity index (χ2v) is 9.28. The van der Waals surface area contributed by atoms with E-state index in [1.807, 2.05) is 29.2 Å². The number of sulfonamides is 1. The van der Waals surface area contributed by atoms with Gasteiger partial charge in [-0.2, -0.15) is 0 Å². The first-order chi connectivity index (χ1) is 15.9. The Morgan fingerprint density at radius 1 is 0.879 bits per heavy atom. The summed E-state index contributed by atoms with van der Waals surface area (Å²) in [6.45, 7) is 2.63. The zero-order valence-corrected chi connectivity index (χ0v) is 19.0. The fourth-order valence-electron chi connectivity index (χ4n) is 3.94. The highest BCUT2D eigenvalue weighted by atomic mass is 32.2. The number of methoxy groups -OCH3 is 1. The van der Waals surface area contributed by atoms with Crippen LogP contribution in [0.1, 0.15) is 10.4 Å². The summed E-state index contributed by atoms with van der Waals surface area (Å²) < 4.78 is 33.1. The van der Waals surface area contributed by atoms with Crippen LogP contribution < -0.4 is 19.3 Å². The van der Waals surface area contributed by atoms with Gasteiger partial charge in [-0.1, -0.05) is 30.3 Å². The summed E-state index contributed by atoms with van der Waals surface area (Å²) in [7, 11) is -2.17. The zero-order chi connectivity index (χ0) is 23.4. The molecule has 2 N–H and O–H groups in total. The smallest absolute Gasteiger partial charge is 0.337 e. The molecule has 0 bridgehead atoms. The van der Waals surface area contributed by atoms with Crippen molar-refractivity contribution in [2.75, 3.05) is 47.8 Å². The monoisotopic (exact) mass is 467 g/mol. The number of aromatic carboxylic acids is 1. The van der Waals surface area contributed by atoms with Gasteiger partial charge in [0.05, 0.1) is 28.9 Å². The summed E-state index contributed by atoms with van der Waals surface area (Å²) in [6, 6.07) is 20.4.